The van der Waals surface area contributed by atoms with E-state index in [2.05, 4.69) is 27.0 Å². The molecular formula is C18H18N4. The highest BCUT2D eigenvalue weighted by atomic mass is 15.2. The standard InChI is InChI=1S/C18H18N4/c1-4-10-22(11-5-1)18-19-9-8-17(21-18)15-12-14-6-2-3-7-16(14)20-13-15/h2-3,6-9,12-13H,1,4-5,10-11H2. The molecule has 110 valence electrons. The van der Waals surface area contributed by atoms with E-state index in [-0.39, 0.29) is 0 Å². The van der Waals surface area contributed by atoms with Crippen molar-refractivity contribution in [3.05, 3.63) is 48.8 Å². The Bertz CT molecular complexity index is 794. The highest BCUT2D eigenvalue weighted by molar-refractivity contribution is 5.82. The normalized spacial score (nSPS) is 15.2. The minimum atomic E-state index is 0.838. The Morgan fingerprint density at radius 1 is 0.909 bits per heavy atom. The van der Waals surface area contributed by atoms with Crippen LogP contribution in [0.25, 0.3) is 22.2 Å². The van der Waals surface area contributed by atoms with Gasteiger partial charge in [-0.2, -0.15) is 0 Å². The van der Waals surface area contributed by atoms with E-state index < -0.39 is 0 Å². The lowest BCUT2D eigenvalue weighted by molar-refractivity contribution is 0.568. The van der Waals surface area contributed by atoms with Crippen LogP contribution in [0.2, 0.25) is 0 Å². The summed E-state index contributed by atoms with van der Waals surface area (Å²) in [5.74, 6) is 0.838. The van der Waals surface area contributed by atoms with E-state index in [0.29, 0.717) is 0 Å². The van der Waals surface area contributed by atoms with Crippen LogP contribution < -0.4 is 4.90 Å². The number of rotatable bonds is 2. The molecule has 0 aliphatic carbocycles. The van der Waals surface area contributed by atoms with Gasteiger partial charge in [0, 0.05) is 36.4 Å². The molecule has 4 nitrogen and oxygen atoms in total. The van der Waals surface area contributed by atoms with Crippen LogP contribution >= 0.6 is 0 Å². The van der Waals surface area contributed by atoms with Gasteiger partial charge in [0.25, 0.3) is 0 Å². The van der Waals surface area contributed by atoms with Crippen LogP contribution in [-0.2, 0) is 0 Å². The molecule has 0 spiro atoms. The number of fused-ring (bicyclic) bond motifs is 1. The second-order valence-corrected chi connectivity index (χ2v) is 5.71. The first kappa shape index (κ1) is 13.2. The van der Waals surface area contributed by atoms with Crippen molar-refractivity contribution >= 4 is 16.9 Å². The Kier molecular flexibility index (Phi) is 3.43. The zero-order valence-corrected chi connectivity index (χ0v) is 12.4. The van der Waals surface area contributed by atoms with Gasteiger partial charge in [-0.25, -0.2) is 9.97 Å². The minimum Gasteiger partial charge on any atom is -0.341 e. The molecule has 1 aromatic carbocycles. The van der Waals surface area contributed by atoms with E-state index in [1.54, 1.807) is 0 Å². The van der Waals surface area contributed by atoms with Gasteiger partial charge in [0.15, 0.2) is 0 Å². The number of aromatic nitrogens is 3. The van der Waals surface area contributed by atoms with Gasteiger partial charge in [-0.3, -0.25) is 4.98 Å². The zero-order valence-electron chi connectivity index (χ0n) is 12.4. The van der Waals surface area contributed by atoms with Gasteiger partial charge < -0.3 is 4.90 Å². The van der Waals surface area contributed by atoms with Gasteiger partial charge in [0.1, 0.15) is 0 Å². The van der Waals surface area contributed by atoms with Gasteiger partial charge >= 0.3 is 0 Å². The van der Waals surface area contributed by atoms with E-state index >= 15 is 0 Å². The first-order valence-electron chi connectivity index (χ1n) is 7.83. The number of anilines is 1. The molecule has 4 rings (SSSR count). The summed E-state index contributed by atoms with van der Waals surface area (Å²) in [5, 5.41) is 1.14. The molecule has 3 heterocycles. The van der Waals surface area contributed by atoms with Crippen molar-refractivity contribution in [1.82, 2.24) is 15.0 Å². The molecule has 0 atom stereocenters. The van der Waals surface area contributed by atoms with Crippen LogP contribution in [0, 0.1) is 0 Å². The molecule has 0 bridgehead atoms. The number of hydrogen-bond acceptors (Lipinski definition) is 4. The highest BCUT2D eigenvalue weighted by Gasteiger charge is 2.14. The van der Waals surface area contributed by atoms with Crippen molar-refractivity contribution in [2.75, 3.05) is 18.0 Å². The lowest BCUT2D eigenvalue weighted by Gasteiger charge is -2.26. The molecular weight excluding hydrogens is 272 g/mol. The first-order valence-corrected chi connectivity index (χ1v) is 7.83. The number of pyridine rings is 1. The zero-order chi connectivity index (χ0) is 14.8. The summed E-state index contributed by atoms with van der Waals surface area (Å²) in [6.07, 6.45) is 7.51. The molecule has 2 aromatic heterocycles. The maximum Gasteiger partial charge on any atom is 0.225 e. The molecule has 0 unspecified atom stereocenters. The lowest BCUT2D eigenvalue weighted by atomic mass is 10.1. The average molecular weight is 290 g/mol. The van der Waals surface area contributed by atoms with E-state index in [4.69, 9.17) is 4.98 Å². The van der Waals surface area contributed by atoms with E-state index in [1.807, 2.05) is 36.7 Å². The molecule has 1 fully saturated rings. The van der Waals surface area contributed by atoms with Crippen LogP contribution in [0.5, 0.6) is 0 Å². The van der Waals surface area contributed by atoms with Crippen molar-refractivity contribution in [2.45, 2.75) is 19.3 Å². The number of nitrogens with zero attached hydrogens (tertiary/aromatic N) is 4. The van der Waals surface area contributed by atoms with E-state index in [9.17, 15) is 0 Å². The molecule has 0 N–H and O–H groups in total. The molecule has 0 radical (unpaired) electrons. The highest BCUT2D eigenvalue weighted by Crippen LogP contribution is 2.23. The predicted molar refractivity (Wildman–Crippen MR) is 88.8 cm³/mol. The van der Waals surface area contributed by atoms with Crippen LogP contribution in [0.1, 0.15) is 19.3 Å². The Morgan fingerprint density at radius 2 is 1.77 bits per heavy atom. The van der Waals surface area contributed by atoms with Crippen molar-refractivity contribution < 1.29 is 0 Å². The van der Waals surface area contributed by atoms with Gasteiger partial charge in [-0.1, -0.05) is 18.2 Å². The molecule has 3 aromatic rings. The number of para-hydroxylation sites is 1. The van der Waals surface area contributed by atoms with Gasteiger partial charge in [0.2, 0.25) is 5.95 Å². The maximum atomic E-state index is 4.75. The smallest absolute Gasteiger partial charge is 0.225 e. The third-order valence-electron chi connectivity index (χ3n) is 4.17. The molecule has 0 amide bonds. The van der Waals surface area contributed by atoms with Gasteiger partial charge in [-0.05, 0) is 37.5 Å². The fourth-order valence-electron chi connectivity index (χ4n) is 2.97. The first-order chi connectivity index (χ1) is 10.9. The monoisotopic (exact) mass is 290 g/mol. The topological polar surface area (TPSA) is 41.9 Å². The number of hydrogen-bond donors (Lipinski definition) is 0. The van der Waals surface area contributed by atoms with Gasteiger partial charge in [-0.15, -0.1) is 0 Å². The fourth-order valence-corrected chi connectivity index (χ4v) is 2.97. The van der Waals surface area contributed by atoms with Crippen molar-refractivity contribution in [3.63, 3.8) is 0 Å². The van der Waals surface area contributed by atoms with Crippen LogP contribution in [0.3, 0.4) is 0 Å². The molecule has 0 saturated carbocycles. The third-order valence-corrected chi connectivity index (χ3v) is 4.17. The van der Waals surface area contributed by atoms with Crippen LogP contribution in [0.15, 0.2) is 48.8 Å². The van der Waals surface area contributed by atoms with Crippen molar-refractivity contribution in [3.8, 4) is 11.3 Å². The van der Waals surface area contributed by atoms with Crippen molar-refractivity contribution in [2.24, 2.45) is 0 Å². The average Bonchev–Trinajstić information content (AvgIpc) is 2.62. The Labute approximate surface area is 129 Å². The summed E-state index contributed by atoms with van der Waals surface area (Å²) in [6.45, 7) is 2.11. The molecule has 1 saturated heterocycles. The maximum absolute atomic E-state index is 4.75. The fraction of sp³-hybridized carbons (Fsp3) is 0.278. The second kappa shape index (κ2) is 5.72. The summed E-state index contributed by atoms with van der Waals surface area (Å²) >= 11 is 0. The second-order valence-electron chi connectivity index (χ2n) is 5.71. The van der Waals surface area contributed by atoms with Crippen LogP contribution in [0.4, 0.5) is 5.95 Å². The Hall–Kier alpha value is -2.49. The predicted octanol–water partition coefficient (Wildman–Crippen LogP) is 3.68. The molecule has 4 heteroatoms. The Balaban J connectivity index is 1.71. The SMILES string of the molecule is c1ccc2ncc(-c3ccnc(N4CCCCC4)n3)cc2c1. The van der Waals surface area contributed by atoms with Crippen molar-refractivity contribution in [1.29, 1.82) is 0 Å². The minimum absolute atomic E-state index is 0.838. The third kappa shape index (κ3) is 2.52. The molecule has 1 aliphatic heterocycles. The summed E-state index contributed by atoms with van der Waals surface area (Å²) in [5.41, 5.74) is 2.99. The largest absolute Gasteiger partial charge is 0.341 e. The van der Waals surface area contributed by atoms with Crippen LogP contribution in [-0.4, -0.2) is 28.0 Å². The van der Waals surface area contributed by atoms with E-state index in [1.165, 1.54) is 19.3 Å². The lowest BCUT2D eigenvalue weighted by Crippen LogP contribution is -2.30. The number of piperidine rings is 1. The molecule has 1 aliphatic rings. The molecule has 22 heavy (non-hydrogen) atoms. The van der Waals surface area contributed by atoms with E-state index in [0.717, 1.165) is 41.2 Å². The quantitative estimate of drug-likeness (QED) is 0.722. The summed E-state index contributed by atoms with van der Waals surface area (Å²) < 4.78 is 0. The summed E-state index contributed by atoms with van der Waals surface area (Å²) in [4.78, 5) is 16.0. The Morgan fingerprint density at radius 3 is 2.68 bits per heavy atom. The summed E-state index contributed by atoms with van der Waals surface area (Å²) in [6, 6.07) is 12.3. The number of benzene rings is 1. The summed E-state index contributed by atoms with van der Waals surface area (Å²) in [7, 11) is 0. The van der Waals surface area contributed by atoms with Gasteiger partial charge in [0.05, 0.1) is 11.2 Å².